The molecule has 1 atom stereocenters. The van der Waals surface area contributed by atoms with E-state index in [0.29, 0.717) is 0 Å². The summed E-state index contributed by atoms with van der Waals surface area (Å²) in [6, 6.07) is 17.6. The second-order valence-corrected chi connectivity index (χ2v) is 8.20. The first-order valence-corrected chi connectivity index (χ1v) is 9.35. The van der Waals surface area contributed by atoms with Crippen LogP contribution in [-0.4, -0.2) is 0 Å². The minimum absolute atomic E-state index is 0.278. The second-order valence-electron chi connectivity index (χ2n) is 4.51. The van der Waals surface area contributed by atoms with Crippen LogP contribution in [0.1, 0.15) is 5.56 Å². The Labute approximate surface area is 116 Å². The van der Waals surface area contributed by atoms with Gasteiger partial charge in [0.1, 0.15) is 0 Å². The standard InChI is InChI=1S/C16H11BrS/c17-18-10-9-14-15(18)8-7-12-6-5-11-3-1-2-4-13(11)16(12)14/h1-10,18H. The van der Waals surface area contributed by atoms with Crippen LogP contribution in [0.15, 0.2) is 58.8 Å². The summed E-state index contributed by atoms with van der Waals surface area (Å²) in [5.74, 6) is 0. The minimum atomic E-state index is -0.278. The lowest BCUT2D eigenvalue weighted by atomic mass is 9.98. The first kappa shape index (κ1) is 10.7. The monoisotopic (exact) mass is 314 g/mol. The molecule has 1 unspecified atom stereocenters. The van der Waals surface area contributed by atoms with Crippen molar-refractivity contribution >= 4 is 51.8 Å². The van der Waals surface area contributed by atoms with E-state index < -0.39 is 0 Å². The highest BCUT2D eigenvalue weighted by atomic mass is 79.9. The molecule has 0 radical (unpaired) electrons. The van der Waals surface area contributed by atoms with Gasteiger partial charge in [0.2, 0.25) is 0 Å². The molecule has 0 saturated carbocycles. The van der Waals surface area contributed by atoms with Crippen LogP contribution in [0.2, 0.25) is 0 Å². The first-order valence-electron chi connectivity index (χ1n) is 5.92. The van der Waals surface area contributed by atoms with Gasteiger partial charge in [-0.05, 0) is 59.5 Å². The number of fused-ring (bicyclic) bond motifs is 5. The van der Waals surface area contributed by atoms with Gasteiger partial charge in [0.25, 0.3) is 0 Å². The number of thiol groups is 1. The summed E-state index contributed by atoms with van der Waals surface area (Å²) in [7, 11) is -0.278. The van der Waals surface area contributed by atoms with Gasteiger partial charge in [-0.2, -0.15) is 0 Å². The summed E-state index contributed by atoms with van der Waals surface area (Å²) < 4.78 is 0. The topological polar surface area (TPSA) is 0 Å². The highest BCUT2D eigenvalue weighted by Crippen LogP contribution is 2.53. The molecule has 0 bridgehead atoms. The van der Waals surface area contributed by atoms with Gasteiger partial charge in [-0.25, -0.2) is 0 Å². The minimum Gasteiger partial charge on any atom is -0.147 e. The lowest BCUT2D eigenvalue weighted by Crippen LogP contribution is -1.83. The van der Waals surface area contributed by atoms with Crippen LogP contribution in [-0.2, 0) is 0 Å². The third-order valence-corrected chi connectivity index (χ3v) is 6.65. The molecular formula is C16H11BrS. The van der Waals surface area contributed by atoms with E-state index in [1.54, 1.807) is 0 Å². The lowest BCUT2D eigenvalue weighted by Gasteiger charge is -2.11. The predicted octanol–water partition coefficient (Wildman–Crippen LogP) is 5.65. The van der Waals surface area contributed by atoms with Crippen LogP contribution in [0.3, 0.4) is 0 Å². The maximum Gasteiger partial charge on any atom is 0.00826 e. The van der Waals surface area contributed by atoms with Crippen LogP contribution in [0.5, 0.6) is 0 Å². The zero-order valence-corrected chi connectivity index (χ0v) is 12.1. The normalized spacial score (nSPS) is 19.5. The molecule has 1 aliphatic rings. The number of rotatable bonds is 0. The quantitative estimate of drug-likeness (QED) is 0.402. The van der Waals surface area contributed by atoms with Gasteiger partial charge in [0, 0.05) is 4.90 Å². The molecule has 0 saturated heterocycles. The fourth-order valence-corrected chi connectivity index (χ4v) is 5.05. The van der Waals surface area contributed by atoms with E-state index in [1.165, 1.54) is 32.0 Å². The summed E-state index contributed by atoms with van der Waals surface area (Å²) in [5.41, 5.74) is 1.40. The largest absolute Gasteiger partial charge is 0.147 e. The smallest absolute Gasteiger partial charge is 0.00826 e. The Hall–Kier alpha value is -1.25. The van der Waals surface area contributed by atoms with Gasteiger partial charge < -0.3 is 0 Å². The van der Waals surface area contributed by atoms with Gasteiger partial charge in [-0.1, -0.05) is 42.5 Å². The Bertz CT molecular complexity index is 805. The average molecular weight is 315 g/mol. The zero-order valence-electron chi connectivity index (χ0n) is 9.60. The van der Waals surface area contributed by atoms with E-state index in [-0.39, 0.29) is 9.33 Å². The van der Waals surface area contributed by atoms with Gasteiger partial charge in [-0.3, -0.25) is 0 Å². The molecule has 0 aromatic heterocycles. The molecule has 0 amide bonds. The van der Waals surface area contributed by atoms with Gasteiger partial charge in [0.15, 0.2) is 0 Å². The van der Waals surface area contributed by atoms with Gasteiger partial charge in [0.05, 0.1) is 0 Å². The average Bonchev–Trinajstić information content (AvgIpc) is 2.80. The SMILES string of the molecule is Br[SH]1C=Cc2c1ccc1ccc3ccccc3c21. The molecule has 0 aliphatic carbocycles. The van der Waals surface area contributed by atoms with Crippen molar-refractivity contribution in [3.8, 4) is 0 Å². The molecule has 88 valence electrons. The van der Waals surface area contributed by atoms with E-state index in [2.05, 4.69) is 74.8 Å². The molecule has 1 heterocycles. The van der Waals surface area contributed by atoms with E-state index in [9.17, 15) is 0 Å². The van der Waals surface area contributed by atoms with E-state index in [4.69, 9.17) is 0 Å². The molecule has 0 nitrogen and oxygen atoms in total. The molecule has 1 aliphatic heterocycles. The van der Waals surface area contributed by atoms with Crippen LogP contribution in [0.4, 0.5) is 0 Å². The van der Waals surface area contributed by atoms with E-state index in [1.807, 2.05) is 0 Å². The zero-order chi connectivity index (χ0) is 12.1. The summed E-state index contributed by atoms with van der Waals surface area (Å²) >= 11 is 3.76. The van der Waals surface area contributed by atoms with Crippen molar-refractivity contribution in [1.82, 2.24) is 0 Å². The molecule has 3 aromatic carbocycles. The van der Waals surface area contributed by atoms with Crippen LogP contribution in [0.25, 0.3) is 27.6 Å². The van der Waals surface area contributed by atoms with Crippen LogP contribution >= 0.6 is 24.1 Å². The maximum absolute atomic E-state index is 3.76. The van der Waals surface area contributed by atoms with Crippen molar-refractivity contribution in [2.45, 2.75) is 4.90 Å². The fourth-order valence-electron chi connectivity index (χ4n) is 2.69. The molecule has 4 rings (SSSR count). The highest BCUT2D eigenvalue weighted by molar-refractivity contribution is 9.54. The van der Waals surface area contributed by atoms with E-state index >= 15 is 0 Å². The fraction of sp³-hybridized carbons (Fsp3) is 0. The Morgan fingerprint density at radius 3 is 2.56 bits per heavy atom. The van der Waals surface area contributed by atoms with Crippen molar-refractivity contribution in [3.05, 3.63) is 59.5 Å². The Kier molecular flexibility index (Phi) is 2.29. The predicted molar refractivity (Wildman–Crippen MR) is 86.7 cm³/mol. The van der Waals surface area contributed by atoms with Crippen molar-refractivity contribution in [3.63, 3.8) is 0 Å². The Balaban J connectivity index is 2.27. The van der Waals surface area contributed by atoms with Gasteiger partial charge in [-0.15, -0.1) is 9.33 Å². The number of benzene rings is 3. The molecule has 3 aromatic rings. The van der Waals surface area contributed by atoms with Crippen molar-refractivity contribution in [1.29, 1.82) is 0 Å². The lowest BCUT2D eigenvalue weighted by molar-refractivity contribution is 1.50. The molecule has 18 heavy (non-hydrogen) atoms. The Morgan fingerprint density at radius 1 is 0.833 bits per heavy atom. The molecule has 0 fully saturated rings. The number of hydrogen-bond donors (Lipinski definition) is 1. The summed E-state index contributed by atoms with van der Waals surface area (Å²) in [5, 5.41) is 7.68. The first-order chi connectivity index (χ1) is 8.84. The highest BCUT2D eigenvalue weighted by Gasteiger charge is 2.15. The molecule has 0 spiro atoms. The van der Waals surface area contributed by atoms with Crippen molar-refractivity contribution in [2.24, 2.45) is 0 Å². The van der Waals surface area contributed by atoms with Crippen molar-refractivity contribution < 1.29 is 0 Å². The maximum atomic E-state index is 3.76. The van der Waals surface area contributed by atoms with Crippen LogP contribution < -0.4 is 0 Å². The van der Waals surface area contributed by atoms with Crippen molar-refractivity contribution in [2.75, 3.05) is 0 Å². The second kappa shape index (κ2) is 3.87. The third-order valence-electron chi connectivity index (χ3n) is 3.53. The summed E-state index contributed by atoms with van der Waals surface area (Å²) in [4.78, 5) is 1.44. The molecule has 0 N–H and O–H groups in total. The van der Waals surface area contributed by atoms with Gasteiger partial charge >= 0.3 is 0 Å². The molecule has 2 heteroatoms. The summed E-state index contributed by atoms with van der Waals surface area (Å²) in [6.45, 7) is 0. The Morgan fingerprint density at radius 2 is 1.61 bits per heavy atom. The number of halogens is 1. The molecular weight excluding hydrogens is 304 g/mol. The van der Waals surface area contributed by atoms with Crippen LogP contribution in [0, 0.1) is 0 Å². The third kappa shape index (κ3) is 1.39. The number of hydrogen-bond acceptors (Lipinski definition) is 0. The summed E-state index contributed by atoms with van der Waals surface area (Å²) in [6.07, 6.45) is 2.27. The van der Waals surface area contributed by atoms with E-state index in [0.717, 1.165) is 0 Å².